The molecule has 0 fully saturated rings. The predicted molar refractivity (Wildman–Crippen MR) is 96.1 cm³/mol. The van der Waals surface area contributed by atoms with Crippen LogP contribution in [0.15, 0.2) is 84.9 Å². The molecule has 3 rings (SSSR count). The summed E-state index contributed by atoms with van der Waals surface area (Å²) >= 11 is 0. The van der Waals surface area contributed by atoms with Gasteiger partial charge in [0.2, 0.25) is 0 Å². The number of esters is 1. The van der Waals surface area contributed by atoms with Gasteiger partial charge in [-0.3, -0.25) is 0 Å². The molecule has 3 aromatic rings. The average Bonchev–Trinajstić information content (AvgIpc) is 2.67. The number of carbonyl (C=O) groups is 1. The van der Waals surface area contributed by atoms with Crippen molar-refractivity contribution in [1.29, 1.82) is 0 Å². The van der Waals surface area contributed by atoms with Crippen molar-refractivity contribution in [2.24, 2.45) is 0 Å². The van der Waals surface area contributed by atoms with Gasteiger partial charge < -0.3 is 4.74 Å². The Morgan fingerprint density at radius 3 is 2.04 bits per heavy atom. The first kappa shape index (κ1) is 16.9. The third-order valence-electron chi connectivity index (χ3n) is 4.00. The third-order valence-corrected chi connectivity index (χ3v) is 4.00. The number of hydrogen-bond donors (Lipinski definition) is 0. The van der Waals surface area contributed by atoms with E-state index in [1.165, 1.54) is 0 Å². The first-order chi connectivity index (χ1) is 12.1. The van der Waals surface area contributed by atoms with Crippen molar-refractivity contribution in [2.75, 3.05) is 0 Å². The maximum absolute atomic E-state index is 15.2. The fraction of sp³-hybridized carbons (Fsp3) is 0.136. The van der Waals surface area contributed by atoms with Gasteiger partial charge in [-0.15, -0.1) is 0 Å². The Morgan fingerprint density at radius 2 is 1.44 bits per heavy atom. The van der Waals surface area contributed by atoms with Gasteiger partial charge in [-0.05, 0) is 30.2 Å². The molecule has 2 atom stereocenters. The van der Waals surface area contributed by atoms with Gasteiger partial charge in [0.05, 0.1) is 5.56 Å². The van der Waals surface area contributed by atoms with E-state index in [0.717, 1.165) is 5.56 Å². The summed E-state index contributed by atoms with van der Waals surface area (Å²) in [5.74, 6) is -0.531. The van der Waals surface area contributed by atoms with Crippen LogP contribution in [0.5, 0.6) is 0 Å². The van der Waals surface area contributed by atoms with Crippen LogP contribution < -0.4 is 0 Å². The highest BCUT2D eigenvalue weighted by Crippen LogP contribution is 2.35. The van der Waals surface area contributed by atoms with Gasteiger partial charge in [-0.1, -0.05) is 78.4 Å². The first-order valence-corrected chi connectivity index (χ1v) is 8.17. The highest BCUT2D eigenvalue weighted by Gasteiger charge is 2.28. The lowest BCUT2D eigenvalue weighted by Gasteiger charge is -2.22. The molecule has 0 heterocycles. The largest absolute Gasteiger partial charge is 0.450 e. The fourth-order valence-electron chi connectivity index (χ4n) is 2.71. The Kier molecular flexibility index (Phi) is 5.24. The fourth-order valence-corrected chi connectivity index (χ4v) is 2.71. The highest BCUT2D eigenvalue weighted by atomic mass is 19.1. The van der Waals surface area contributed by atoms with E-state index in [4.69, 9.17) is 4.74 Å². The molecule has 0 bridgehead atoms. The molecule has 0 saturated heterocycles. The molecule has 126 valence electrons. The Hall–Kier alpha value is -2.94. The summed E-state index contributed by atoms with van der Waals surface area (Å²) in [7, 11) is 0. The van der Waals surface area contributed by atoms with E-state index in [-0.39, 0.29) is 0 Å². The standard InChI is InChI=1S/C22H19FO2/c1-16-9-8-14-19(15-16)22(24)25-21(18-12-6-3-7-13-18)20(23)17-10-4-2-5-11-17/h2-15,20-21H,1H3/t20-,21+/m0/s1. The topological polar surface area (TPSA) is 26.3 Å². The van der Waals surface area contributed by atoms with Crippen molar-refractivity contribution < 1.29 is 13.9 Å². The minimum Gasteiger partial charge on any atom is -0.450 e. The second kappa shape index (κ2) is 7.75. The molecule has 0 unspecified atom stereocenters. The van der Waals surface area contributed by atoms with Crippen molar-refractivity contribution in [3.63, 3.8) is 0 Å². The normalized spacial score (nSPS) is 13.0. The van der Waals surface area contributed by atoms with Crippen molar-refractivity contribution in [2.45, 2.75) is 19.2 Å². The predicted octanol–water partition coefficient (Wildman–Crippen LogP) is 5.60. The lowest BCUT2D eigenvalue weighted by molar-refractivity contribution is 0.00447. The minimum atomic E-state index is -1.45. The SMILES string of the molecule is Cc1cccc(C(=O)O[C@H](c2ccccc2)[C@@H](F)c2ccccc2)c1. The van der Waals surface area contributed by atoms with E-state index < -0.39 is 18.2 Å². The van der Waals surface area contributed by atoms with Gasteiger partial charge in [0.15, 0.2) is 12.3 Å². The Labute approximate surface area is 146 Å². The maximum atomic E-state index is 15.2. The molecule has 3 heteroatoms. The highest BCUT2D eigenvalue weighted by molar-refractivity contribution is 5.89. The van der Waals surface area contributed by atoms with Gasteiger partial charge >= 0.3 is 5.97 Å². The van der Waals surface area contributed by atoms with E-state index in [1.807, 2.05) is 25.1 Å². The number of carbonyl (C=O) groups excluding carboxylic acids is 1. The Balaban J connectivity index is 1.90. The molecule has 0 aromatic heterocycles. The smallest absolute Gasteiger partial charge is 0.338 e. The number of halogens is 1. The third kappa shape index (κ3) is 4.13. The van der Waals surface area contributed by atoms with Gasteiger partial charge in [-0.25, -0.2) is 9.18 Å². The van der Waals surface area contributed by atoms with Crippen LogP contribution in [0.25, 0.3) is 0 Å². The average molecular weight is 334 g/mol. The van der Waals surface area contributed by atoms with E-state index in [1.54, 1.807) is 66.7 Å². The molecular formula is C22H19FO2. The Morgan fingerprint density at radius 1 is 0.840 bits per heavy atom. The molecule has 0 radical (unpaired) electrons. The van der Waals surface area contributed by atoms with Crippen molar-refractivity contribution in [3.8, 4) is 0 Å². The molecule has 0 amide bonds. The summed E-state index contributed by atoms with van der Waals surface area (Å²) in [5, 5.41) is 0. The van der Waals surface area contributed by atoms with Crippen LogP contribution in [0.4, 0.5) is 4.39 Å². The summed E-state index contributed by atoms with van der Waals surface area (Å²) in [6.07, 6.45) is -2.45. The van der Waals surface area contributed by atoms with Crippen molar-refractivity contribution >= 4 is 5.97 Å². The van der Waals surface area contributed by atoms with Crippen molar-refractivity contribution in [1.82, 2.24) is 0 Å². The van der Waals surface area contributed by atoms with E-state index in [0.29, 0.717) is 16.7 Å². The molecule has 0 spiro atoms. The van der Waals surface area contributed by atoms with Gasteiger partial charge in [-0.2, -0.15) is 0 Å². The van der Waals surface area contributed by atoms with Crippen LogP contribution in [-0.2, 0) is 4.74 Å². The number of benzene rings is 3. The molecule has 2 nitrogen and oxygen atoms in total. The molecule has 0 aliphatic rings. The quantitative estimate of drug-likeness (QED) is 0.567. The zero-order chi connectivity index (χ0) is 17.6. The molecule has 0 aliphatic heterocycles. The van der Waals surface area contributed by atoms with Crippen LogP contribution in [-0.4, -0.2) is 5.97 Å². The van der Waals surface area contributed by atoms with Crippen molar-refractivity contribution in [3.05, 3.63) is 107 Å². The first-order valence-electron chi connectivity index (χ1n) is 8.17. The molecule has 0 saturated carbocycles. The zero-order valence-electron chi connectivity index (χ0n) is 13.9. The van der Waals surface area contributed by atoms with Gasteiger partial charge in [0.25, 0.3) is 0 Å². The van der Waals surface area contributed by atoms with Crippen LogP contribution >= 0.6 is 0 Å². The van der Waals surface area contributed by atoms with Gasteiger partial charge in [0.1, 0.15) is 0 Å². The zero-order valence-corrected chi connectivity index (χ0v) is 13.9. The van der Waals surface area contributed by atoms with Crippen LogP contribution in [0.1, 0.15) is 39.3 Å². The maximum Gasteiger partial charge on any atom is 0.338 e. The molecule has 0 aliphatic carbocycles. The summed E-state index contributed by atoms with van der Waals surface area (Å²) < 4.78 is 20.7. The second-order valence-electron chi connectivity index (χ2n) is 5.92. The van der Waals surface area contributed by atoms with Crippen LogP contribution in [0.2, 0.25) is 0 Å². The molecular weight excluding hydrogens is 315 g/mol. The number of hydrogen-bond acceptors (Lipinski definition) is 2. The van der Waals surface area contributed by atoms with E-state index in [9.17, 15) is 4.79 Å². The summed E-state index contributed by atoms with van der Waals surface area (Å²) in [5.41, 5.74) is 2.47. The van der Waals surface area contributed by atoms with Crippen LogP contribution in [0, 0.1) is 6.92 Å². The summed E-state index contributed by atoms with van der Waals surface area (Å²) in [6, 6.07) is 24.8. The summed E-state index contributed by atoms with van der Waals surface area (Å²) in [6.45, 7) is 1.90. The molecule has 25 heavy (non-hydrogen) atoms. The number of alkyl halides is 1. The summed E-state index contributed by atoms with van der Waals surface area (Å²) in [4.78, 5) is 12.5. The number of ether oxygens (including phenoxy) is 1. The molecule has 3 aromatic carbocycles. The monoisotopic (exact) mass is 334 g/mol. The molecule has 0 N–H and O–H groups in total. The van der Waals surface area contributed by atoms with Gasteiger partial charge in [0, 0.05) is 0 Å². The minimum absolute atomic E-state index is 0.418. The number of rotatable bonds is 5. The van der Waals surface area contributed by atoms with E-state index in [2.05, 4.69) is 0 Å². The van der Waals surface area contributed by atoms with Crippen LogP contribution in [0.3, 0.4) is 0 Å². The second-order valence-corrected chi connectivity index (χ2v) is 5.92. The Bertz CT molecular complexity index is 831. The van der Waals surface area contributed by atoms with E-state index >= 15 is 4.39 Å². The number of aryl methyl sites for hydroxylation is 1. The lowest BCUT2D eigenvalue weighted by atomic mass is 9.99. The lowest BCUT2D eigenvalue weighted by Crippen LogP contribution is -2.16.